The SMILES string of the molecule is Cc1c(CNCCCCNC(=O)N2Cc3ccncc3C2)oc2c1C(=O)C(=O)c1c-2ccc2c1CCCC2(C)C. The summed E-state index contributed by atoms with van der Waals surface area (Å²) in [5, 5.41) is 6.40. The van der Waals surface area contributed by atoms with Crippen molar-refractivity contribution >= 4 is 17.6 Å². The third kappa shape index (κ3) is 4.54. The molecule has 2 aliphatic carbocycles. The van der Waals surface area contributed by atoms with Crippen molar-refractivity contribution in [3.63, 3.8) is 0 Å². The molecule has 2 N–H and O–H groups in total. The van der Waals surface area contributed by atoms with Gasteiger partial charge in [-0.15, -0.1) is 0 Å². The van der Waals surface area contributed by atoms with Gasteiger partial charge in [0.2, 0.25) is 11.6 Å². The number of carbonyl (C=O) groups excluding carboxylic acids is 3. The first-order chi connectivity index (χ1) is 19.3. The van der Waals surface area contributed by atoms with Crippen molar-refractivity contribution in [3.8, 4) is 11.3 Å². The number of carbonyl (C=O) groups is 3. The highest BCUT2D eigenvalue weighted by Crippen LogP contribution is 2.45. The predicted octanol–water partition coefficient (Wildman–Crippen LogP) is 5.24. The lowest BCUT2D eigenvalue weighted by atomic mass is 9.69. The van der Waals surface area contributed by atoms with Crippen LogP contribution < -0.4 is 10.6 Å². The van der Waals surface area contributed by atoms with E-state index in [2.05, 4.69) is 35.5 Å². The number of amides is 2. The molecule has 1 aliphatic heterocycles. The number of hydrogen-bond acceptors (Lipinski definition) is 6. The van der Waals surface area contributed by atoms with Crippen LogP contribution in [0.1, 0.15) is 93.8 Å². The van der Waals surface area contributed by atoms with Gasteiger partial charge in [-0.05, 0) is 79.3 Å². The van der Waals surface area contributed by atoms with E-state index in [1.165, 1.54) is 5.56 Å². The Kier molecular flexibility index (Phi) is 6.82. The zero-order valence-corrected chi connectivity index (χ0v) is 23.5. The molecule has 0 atom stereocenters. The Morgan fingerprint density at radius 1 is 1.05 bits per heavy atom. The second-order valence-electron chi connectivity index (χ2n) is 11.9. The number of hydrogen-bond donors (Lipinski definition) is 2. The van der Waals surface area contributed by atoms with Crippen molar-refractivity contribution in [1.29, 1.82) is 0 Å². The number of furan rings is 1. The maximum absolute atomic E-state index is 13.3. The quantitative estimate of drug-likeness (QED) is 0.314. The number of benzene rings is 1. The van der Waals surface area contributed by atoms with Gasteiger partial charge >= 0.3 is 6.03 Å². The van der Waals surface area contributed by atoms with Gasteiger partial charge in [0.1, 0.15) is 11.5 Å². The van der Waals surface area contributed by atoms with Crippen LogP contribution in [0, 0.1) is 6.92 Å². The summed E-state index contributed by atoms with van der Waals surface area (Å²) in [6, 6.07) is 6.00. The summed E-state index contributed by atoms with van der Waals surface area (Å²) in [5.41, 5.74) is 6.88. The van der Waals surface area contributed by atoms with E-state index in [1.807, 2.05) is 25.3 Å². The minimum absolute atomic E-state index is 0.0130. The summed E-state index contributed by atoms with van der Waals surface area (Å²) in [7, 11) is 0. The van der Waals surface area contributed by atoms with Crippen LogP contribution in [0.4, 0.5) is 4.79 Å². The third-order valence-electron chi connectivity index (χ3n) is 8.78. The van der Waals surface area contributed by atoms with Crippen molar-refractivity contribution in [2.24, 2.45) is 0 Å². The molecule has 0 unspecified atom stereocenters. The average molecular weight is 541 g/mol. The first-order valence-electron chi connectivity index (χ1n) is 14.3. The van der Waals surface area contributed by atoms with E-state index in [0.29, 0.717) is 48.8 Å². The molecule has 8 heteroatoms. The van der Waals surface area contributed by atoms with E-state index >= 15 is 0 Å². The van der Waals surface area contributed by atoms with Gasteiger partial charge in [0.25, 0.3) is 0 Å². The second kappa shape index (κ2) is 10.3. The van der Waals surface area contributed by atoms with E-state index in [-0.39, 0.29) is 11.4 Å². The van der Waals surface area contributed by atoms with Crippen LogP contribution in [-0.2, 0) is 31.5 Å². The van der Waals surface area contributed by atoms with Crippen molar-refractivity contribution in [2.45, 2.75) is 77.9 Å². The molecule has 2 aromatic heterocycles. The van der Waals surface area contributed by atoms with E-state index in [0.717, 1.165) is 66.5 Å². The van der Waals surface area contributed by atoms with E-state index in [9.17, 15) is 14.4 Å². The first kappa shape index (κ1) is 26.4. The molecule has 208 valence electrons. The summed E-state index contributed by atoms with van der Waals surface area (Å²) in [6.07, 6.45) is 8.20. The Labute approximate surface area is 234 Å². The molecule has 3 aromatic rings. The molecule has 0 radical (unpaired) electrons. The van der Waals surface area contributed by atoms with Crippen LogP contribution in [-0.4, -0.2) is 40.6 Å². The minimum atomic E-state index is -0.458. The van der Waals surface area contributed by atoms with Crippen LogP contribution >= 0.6 is 0 Å². The Balaban J connectivity index is 1.04. The third-order valence-corrected chi connectivity index (χ3v) is 8.78. The van der Waals surface area contributed by atoms with E-state index < -0.39 is 11.6 Å². The molecule has 40 heavy (non-hydrogen) atoms. The topological polar surface area (TPSA) is 105 Å². The number of unbranched alkanes of at least 4 members (excludes halogenated alkanes) is 1. The number of aromatic nitrogens is 1. The molecule has 0 fully saturated rings. The summed E-state index contributed by atoms with van der Waals surface area (Å²) in [4.78, 5) is 45.0. The highest BCUT2D eigenvalue weighted by Gasteiger charge is 2.40. The van der Waals surface area contributed by atoms with Crippen molar-refractivity contribution < 1.29 is 18.8 Å². The standard InChI is InChI=1S/C32H36N4O4/c1-19-25(16-33-12-4-5-13-35-31(39)36-17-20-10-14-34-15-21(20)18-36)40-30-23-8-9-24-22(7-6-11-32(24,2)3)27(23)29(38)28(37)26(19)30/h8-10,14-15,33H,4-7,11-13,16-18H2,1-3H3,(H,35,39). The monoisotopic (exact) mass is 540 g/mol. The smallest absolute Gasteiger partial charge is 0.318 e. The van der Waals surface area contributed by atoms with E-state index in [1.54, 1.807) is 11.1 Å². The lowest BCUT2D eigenvalue weighted by Gasteiger charge is -2.34. The molecule has 2 amide bonds. The Hall–Kier alpha value is -3.78. The van der Waals surface area contributed by atoms with Crippen molar-refractivity contribution in [3.05, 3.63) is 75.3 Å². The Morgan fingerprint density at radius 2 is 1.82 bits per heavy atom. The zero-order chi connectivity index (χ0) is 28.0. The number of nitrogens with zero attached hydrogens (tertiary/aromatic N) is 2. The highest BCUT2D eigenvalue weighted by molar-refractivity contribution is 6.53. The maximum Gasteiger partial charge on any atom is 0.318 e. The predicted molar refractivity (Wildman–Crippen MR) is 151 cm³/mol. The molecule has 0 bridgehead atoms. The van der Waals surface area contributed by atoms with Gasteiger partial charge in [-0.3, -0.25) is 14.6 Å². The highest BCUT2D eigenvalue weighted by atomic mass is 16.3. The summed E-state index contributed by atoms with van der Waals surface area (Å²) < 4.78 is 6.27. The van der Waals surface area contributed by atoms with Crippen LogP contribution in [0.25, 0.3) is 11.3 Å². The number of pyridine rings is 1. The molecular weight excluding hydrogens is 504 g/mol. The Bertz CT molecular complexity index is 1490. The molecule has 0 spiro atoms. The van der Waals surface area contributed by atoms with Gasteiger partial charge in [-0.1, -0.05) is 26.0 Å². The molecule has 0 saturated carbocycles. The fraction of sp³-hybridized carbons (Fsp3) is 0.438. The molecule has 3 aliphatic rings. The number of fused-ring (bicyclic) bond motifs is 6. The van der Waals surface area contributed by atoms with Crippen molar-refractivity contribution in [2.75, 3.05) is 13.1 Å². The van der Waals surface area contributed by atoms with Gasteiger partial charge in [-0.25, -0.2) is 4.79 Å². The maximum atomic E-state index is 13.3. The fourth-order valence-corrected chi connectivity index (χ4v) is 6.50. The van der Waals surface area contributed by atoms with Crippen LogP contribution in [0.3, 0.4) is 0 Å². The van der Waals surface area contributed by atoms with Crippen LogP contribution in [0.15, 0.2) is 35.0 Å². The molecule has 6 rings (SSSR count). The number of urea groups is 1. The zero-order valence-electron chi connectivity index (χ0n) is 23.5. The largest absolute Gasteiger partial charge is 0.459 e. The molecule has 8 nitrogen and oxygen atoms in total. The van der Waals surface area contributed by atoms with E-state index in [4.69, 9.17) is 4.42 Å². The average Bonchev–Trinajstić information content (AvgIpc) is 3.52. The lowest BCUT2D eigenvalue weighted by molar-refractivity contribution is 0.0813. The number of rotatable bonds is 7. The van der Waals surface area contributed by atoms with Gasteiger partial charge < -0.3 is 20.0 Å². The molecule has 1 aromatic carbocycles. The second-order valence-corrected chi connectivity index (χ2v) is 11.9. The van der Waals surface area contributed by atoms with Gasteiger partial charge in [-0.2, -0.15) is 0 Å². The summed E-state index contributed by atoms with van der Waals surface area (Å²) >= 11 is 0. The number of Topliss-reactive ketones (excluding diaryl/α,β-unsaturated/α-hetero) is 2. The molecular formula is C32H36N4O4. The summed E-state index contributed by atoms with van der Waals surface area (Å²) in [6.45, 7) is 9.31. The van der Waals surface area contributed by atoms with Crippen LogP contribution in [0.2, 0.25) is 0 Å². The minimum Gasteiger partial charge on any atom is -0.459 e. The van der Waals surface area contributed by atoms with Gasteiger partial charge in [0.15, 0.2) is 0 Å². The van der Waals surface area contributed by atoms with Gasteiger partial charge in [0.05, 0.1) is 12.1 Å². The van der Waals surface area contributed by atoms with Crippen LogP contribution in [0.5, 0.6) is 0 Å². The summed E-state index contributed by atoms with van der Waals surface area (Å²) in [5.74, 6) is 0.355. The lowest BCUT2D eigenvalue weighted by Crippen LogP contribution is -2.37. The van der Waals surface area contributed by atoms with Crippen molar-refractivity contribution in [1.82, 2.24) is 20.5 Å². The molecule has 0 saturated heterocycles. The first-order valence-corrected chi connectivity index (χ1v) is 14.3. The Morgan fingerprint density at radius 3 is 2.65 bits per heavy atom. The normalized spacial score (nSPS) is 16.8. The number of ketones is 2. The fourth-order valence-electron chi connectivity index (χ4n) is 6.50. The number of nitrogens with one attached hydrogen (secondary N) is 2. The molecule has 3 heterocycles. The van der Waals surface area contributed by atoms with Gasteiger partial charge in [0, 0.05) is 48.7 Å².